The Morgan fingerprint density at radius 1 is 1.03 bits per heavy atom. The van der Waals surface area contributed by atoms with Crippen molar-refractivity contribution in [1.82, 2.24) is 14.8 Å². The molecule has 0 unspecified atom stereocenters. The second-order valence-corrected chi connectivity index (χ2v) is 7.23. The van der Waals surface area contributed by atoms with Crippen LogP contribution in [0.25, 0.3) is 11.8 Å². The minimum absolute atomic E-state index is 0.107. The summed E-state index contributed by atoms with van der Waals surface area (Å²) in [6.07, 6.45) is 1.60. The monoisotopic (exact) mass is 430 g/mol. The zero-order valence-corrected chi connectivity index (χ0v) is 17.7. The molecule has 8 heteroatoms. The summed E-state index contributed by atoms with van der Waals surface area (Å²) in [5.74, 6) is -0.280. The van der Waals surface area contributed by atoms with Crippen LogP contribution in [0.3, 0.4) is 0 Å². The highest BCUT2D eigenvalue weighted by atomic mass is 16.5. The van der Waals surface area contributed by atoms with E-state index in [1.165, 1.54) is 0 Å². The quantitative estimate of drug-likeness (QED) is 0.464. The number of aromatic nitrogens is 1. The summed E-state index contributed by atoms with van der Waals surface area (Å²) in [6, 6.07) is 19.5. The number of hydrogen-bond donors (Lipinski definition) is 2. The van der Waals surface area contributed by atoms with Gasteiger partial charge in [-0.05, 0) is 61.5 Å². The summed E-state index contributed by atoms with van der Waals surface area (Å²) in [6.45, 7) is 1.57. The van der Waals surface area contributed by atoms with Gasteiger partial charge in [0.05, 0.1) is 7.11 Å². The van der Waals surface area contributed by atoms with Crippen LogP contribution >= 0.6 is 0 Å². The zero-order chi connectivity index (χ0) is 22.7. The molecule has 32 heavy (non-hydrogen) atoms. The number of methoxy groups -OCH3 is 1. The van der Waals surface area contributed by atoms with Crippen molar-refractivity contribution in [2.45, 2.75) is 6.92 Å². The van der Waals surface area contributed by atoms with E-state index in [2.05, 4.69) is 10.6 Å². The Hall–Kier alpha value is -4.33. The van der Waals surface area contributed by atoms with Crippen molar-refractivity contribution in [3.05, 3.63) is 83.8 Å². The summed E-state index contributed by atoms with van der Waals surface area (Å²) in [4.78, 5) is 38.4. The van der Waals surface area contributed by atoms with E-state index < -0.39 is 17.8 Å². The number of nitrogens with one attached hydrogen (secondary N) is 2. The molecule has 0 bridgehead atoms. The highest BCUT2D eigenvalue weighted by Crippen LogP contribution is 2.23. The van der Waals surface area contributed by atoms with Crippen LogP contribution in [0.15, 0.2) is 72.4 Å². The minimum Gasteiger partial charge on any atom is -0.497 e. The van der Waals surface area contributed by atoms with Gasteiger partial charge in [0.15, 0.2) is 0 Å². The van der Waals surface area contributed by atoms with Crippen LogP contribution in [-0.2, 0) is 9.59 Å². The average molecular weight is 430 g/mol. The number of carbonyl (C=O) groups is 3. The van der Waals surface area contributed by atoms with Gasteiger partial charge in [0, 0.05) is 22.8 Å². The van der Waals surface area contributed by atoms with Crippen LogP contribution in [-0.4, -0.2) is 41.0 Å². The van der Waals surface area contributed by atoms with Crippen molar-refractivity contribution in [2.24, 2.45) is 0 Å². The number of carbonyl (C=O) groups excluding carboxylic acids is 3. The van der Waals surface area contributed by atoms with E-state index in [0.29, 0.717) is 11.4 Å². The van der Waals surface area contributed by atoms with Crippen molar-refractivity contribution in [1.29, 1.82) is 0 Å². The van der Waals surface area contributed by atoms with Crippen LogP contribution in [0.2, 0.25) is 0 Å². The lowest BCUT2D eigenvalue weighted by Gasteiger charge is -2.12. The zero-order valence-electron chi connectivity index (χ0n) is 17.7. The number of nitrogens with zero attached hydrogens (tertiary/aromatic N) is 2. The molecular formula is C24H22N4O4. The maximum absolute atomic E-state index is 12.8. The number of anilines is 1. The van der Waals surface area contributed by atoms with Gasteiger partial charge in [0.25, 0.3) is 5.91 Å². The largest absolute Gasteiger partial charge is 0.497 e. The van der Waals surface area contributed by atoms with Gasteiger partial charge >= 0.3 is 6.03 Å². The molecule has 2 aromatic carbocycles. The van der Waals surface area contributed by atoms with E-state index >= 15 is 0 Å². The first-order chi connectivity index (χ1) is 15.5. The number of para-hydroxylation sites is 1. The van der Waals surface area contributed by atoms with Crippen molar-refractivity contribution in [3.8, 4) is 11.4 Å². The lowest BCUT2D eigenvalue weighted by atomic mass is 10.2. The van der Waals surface area contributed by atoms with E-state index in [-0.39, 0.29) is 12.2 Å². The summed E-state index contributed by atoms with van der Waals surface area (Å²) in [5, 5.41) is 5.23. The van der Waals surface area contributed by atoms with Gasteiger partial charge in [0.2, 0.25) is 5.91 Å². The summed E-state index contributed by atoms with van der Waals surface area (Å²) in [7, 11) is 1.60. The molecule has 1 saturated heterocycles. The molecule has 1 aromatic heterocycles. The highest BCUT2D eigenvalue weighted by Gasteiger charge is 2.35. The number of amides is 4. The molecule has 0 spiro atoms. The molecule has 1 fully saturated rings. The molecular weight excluding hydrogens is 408 g/mol. The fourth-order valence-corrected chi connectivity index (χ4v) is 3.48. The molecule has 162 valence electrons. The topological polar surface area (TPSA) is 92.7 Å². The number of ether oxygens (including phenoxy) is 1. The van der Waals surface area contributed by atoms with Crippen LogP contribution < -0.4 is 15.4 Å². The van der Waals surface area contributed by atoms with E-state index in [1.54, 1.807) is 37.5 Å². The van der Waals surface area contributed by atoms with Crippen molar-refractivity contribution in [2.75, 3.05) is 19.0 Å². The second kappa shape index (κ2) is 8.81. The maximum Gasteiger partial charge on any atom is 0.329 e. The minimum atomic E-state index is -0.635. The summed E-state index contributed by atoms with van der Waals surface area (Å²) >= 11 is 0. The molecule has 4 amide bonds. The number of urea groups is 1. The molecule has 0 atom stereocenters. The Morgan fingerprint density at radius 3 is 2.44 bits per heavy atom. The first kappa shape index (κ1) is 20.9. The average Bonchev–Trinajstić information content (AvgIpc) is 3.28. The third kappa shape index (κ3) is 4.24. The van der Waals surface area contributed by atoms with E-state index in [0.717, 1.165) is 22.0 Å². The predicted molar refractivity (Wildman–Crippen MR) is 120 cm³/mol. The van der Waals surface area contributed by atoms with Crippen molar-refractivity contribution in [3.63, 3.8) is 0 Å². The Balaban J connectivity index is 1.54. The third-order valence-corrected chi connectivity index (χ3v) is 5.05. The number of aryl methyl sites for hydroxylation is 1. The number of hydrogen-bond acceptors (Lipinski definition) is 4. The fraction of sp³-hybridized carbons (Fsp3) is 0.125. The highest BCUT2D eigenvalue weighted by molar-refractivity contribution is 6.15. The maximum atomic E-state index is 12.8. The molecule has 8 nitrogen and oxygen atoms in total. The number of benzene rings is 2. The Bertz CT molecular complexity index is 1200. The SMILES string of the molecule is COc1ccc(-n2c(C)ccc2/C=C2\NC(=O)N(CC(=O)Nc3ccccc3)C2=O)cc1. The van der Waals surface area contributed by atoms with Gasteiger partial charge in [-0.1, -0.05) is 18.2 Å². The van der Waals surface area contributed by atoms with E-state index in [4.69, 9.17) is 4.74 Å². The molecule has 0 saturated carbocycles. The smallest absolute Gasteiger partial charge is 0.329 e. The van der Waals surface area contributed by atoms with Crippen LogP contribution in [0, 0.1) is 6.92 Å². The van der Waals surface area contributed by atoms with Crippen LogP contribution in [0.4, 0.5) is 10.5 Å². The normalized spacial score (nSPS) is 14.6. The van der Waals surface area contributed by atoms with Gasteiger partial charge in [-0.25, -0.2) is 9.69 Å². The molecule has 3 aromatic rings. The van der Waals surface area contributed by atoms with Crippen LogP contribution in [0.5, 0.6) is 5.75 Å². The van der Waals surface area contributed by atoms with Crippen molar-refractivity contribution >= 4 is 29.6 Å². The van der Waals surface area contributed by atoms with E-state index in [9.17, 15) is 14.4 Å². The predicted octanol–water partition coefficient (Wildman–Crippen LogP) is 3.33. The van der Waals surface area contributed by atoms with Gasteiger partial charge in [-0.2, -0.15) is 0 Å². The standard InChI is InChI=1S/C24H22N4O4/c1-16-8-9-19(28(16)18-10-12-20(32-2)13-11-18)14-21-23(30)27(24(31)26-21)15-22(29)25-17-6-4-3-5-7-17/h3-14H,15H2,1-2H3,(H,25,29)(H,26,31)/b21-14-. The van der Waals surface area contributed by atoms with Gasteiger partial charge < -0.3 is 19.9 Å². The molecule has 1 aliphatic heterocycles. The van der Waals surface area contributed by atoms with Gasteiger partial charge in [0.1, 0.15) is 18.0 Å². The number of rotatable bonds is 6. The molecule has 2 N–H and O–H groups in total. The van der Waals surface area contributed by atoms with Gasteiger partial charge in [-0.15, -0.1) is 0 Å². The van der Waals surface area contributed by atoms with Crippen molar-refractivity contribution < 1.29 is 19.1 Å². The Labute approximate surface area is 185 Å². The van der Waals surface area contributed by atoms with E-state index in [1.807, 2.05) is 54.0 Å². The number of imide groups is 1. The first-order valence-corrected chi connectivity index (χ1v) is 9.98. The molecule has 4 rings (SSSR count). The first-order valence-electron chi connectivity index (χ1n) is 9.98. The molecule has 1 aliphatic rings. The molecule has 0 aliphatic carbocycles. The molecule has 0 radical (unpaired) electrons. The fourth-order valence-electron chi connectivity index (χ4n) is 3.48. The Kier molecular flexibility index (Phi) is 5.76. The third-order valence-electron chi connectivity index (χ3n) is 5.05. The summed E-state index contributed by atoms with van der Waals surface area (Å²) in [5.41, 5.74) is 3.25. The lowest BCUT2D eigenvalue weighted by Crippen LogP contribution is -2.38. The summed E-state index contributed by atoms with van der Waals surface area (Å²) < 4.78 is 7.16. The lowest BCUT2D eigenvalue weighted by molar-refractivity contribution is -0.127. The van der Waals surface area contributed by atoms with Crippen LogP contribution in [0.1, 0.15) is 11.4 Å². The molecule has 2 heterocycles. The van der Waals surface area contributed by atoms with Gasteiger partial charge in [-0.3, -0.25) is 9.59 Å². The Morgan fingerprint density at radius 2 is 1.75 bits per heavy atom. The second-order valence-electron chi connectivity index (χ2n) is 7.23.